The Morgan fingerprint density at radius 1 is 1.13 bits per heavy atom. The van der Waals surface area contributed by atoms with Crippen LogP contribution < -0.4 is 9.47 Å². The molecule has 1 aliphatic heterocycles. The first-order valence-electron chi connectivity index (χ1n) is 10.0. The lowest BCUT2D eigenvalue weighted by Crippen LogP contribution is -2.37. The van der Waals surface area contributed by atoms with E-state index in [4.69, 9.17) is 4.55 Å². The Balaban J connectivity index is 1.73. The molecule has 4 rings (SSSR count). The van der Waals surface area contributed by atoms with Crippen molar-refractivity contribution >= 4 is 44.5 Å². The number of aromatic nitrogens is 1. The quantitative estimate of drug-likeness (QED) is 0.446. The number of thioether (sulfide) groups is 1. The first-order valence-corrected chi connectivity index (χ1v) is 12.4. The van der Waals surface area contributed by atoms with Crippen molar-refractivity contribution in [2.75, 3.05) is 17.2 Å². The van der Waals surface area contributed by atoms with Crippen molar-refractivity contribution in [1.29, 1.82) is 0 Å². The number of nitrogens with zero attached hydrogens (tertiary/aromatic N) is 2. The lowest BCUT2D eigenvalue weighted by molar-refractivity contribution is -0.669. The normalized spacial score (nSPS) is 15.2. The van der Waals surface area contributed by atoms with Crippen molar-refractivity contribution in [3.63, 3.8) is 0 Å². The molecule has 0 amide bonds. The van der Waals surface area contributed by atoms with E-state index in [1.165, 1.54) is 16.5 Å². The summed E-state index contributed by atoms with van der Waals surface area (Å²) in [4.78, 5) is 3.29. The third-order valence-corrected chi connectivity index (χ3v) is 7.14. The lowest BCUT2D eigenvalue weighted by atomic mass is 10.1. The number of fused-ring (bicyclic) bond motifs is 2. The largest absolute Gasteiger partial charge is 0.335 e. The summed E-state index contributed by atoms with van der Waals surface area (Å²) in [6.07, 6.45) is 2.52. The number of anilines is 1. The highest BCUT2D eigenvalue weighted by Crippen LogP contribution is 2.46. The number of pyridine rings is 1. The minimum atomic E-state index is -3.97. The predicted molar refractivity (Wildman–Crippen MR) is 123 cm³/mol. The minimum absolute atomic E-state index is 0.242. The molecule has 0 atom stereocenters. The number of para-hydroxylation sites is 1. The zero-order chi connectivity index (χ0) is 21.3. The molecule has 3 aromatic rings. The van der Waals surface area contributed by atoms with Gasteiger partial charge in [0.25, 0.3) is 10.1 Å². The average molecular weight is 442 g/mol. The first kappa shape index (κ1) is 20.9. The van der Waals surface area contributed by atoms with Crippen LogP contribution >= 0.6 is 11.8 Å². The van der Waals surface area contributed by atoms with Crippen LogP contribution in [0, 0.1) is 6.92 Å². The maximum Gasteiger partial charge on any atom is 0.264 e. The fraction of sp³-hybridized carbons (Fsp3) is 0.261. The fourth-order valence-corrected chi connectivity index (χ4v) is 5.49. The molecule has 0 unspecified atom stereocenters. The summed E-state index contributed by atoms with van der Waals surface area (Å²) in [6, 6.07) is 18.9. The van der Waals surface area contributed by atoms with Crippen LogP contribution in [0.2, 0.25) is 0 Å². The number of hydrogen-bond acceptors (Lipinski definition) is 4. The smallest absolute Gasteiger partial charge is 0.264 e. The van der Waals surface area contributed by atoms with Crippen LogP contribution in [0.25, 0.3) is 17.0 Å². The molecule has 0 aliphatic carbocycles. The van der Waals surface area contributed by atoms with Gasteiger partial charge < -0.3 is 4.90 Å². The van der Waals surface area contributed by atoms with Gasteiger partial charge in [0, 0.05) is 35.0 Å². The van der Waals surface area contributed by atoms with Gasteiger partial charge in [-0.05, 0) is 44.5 Å². The Hall–Kier alpha value is -2.35. The van der Waals surface area contributed by atoms with Crippen molar-refractivity contribution in [3.8, 4) is 0 Å². The summed E-state index contributed by atoms with van der Waals surface area (Å²) in [5.41, 5.74) is 4.60. The van der Waals surface area contributed by atoms with Gasteiger partial charge in [-0.15, -0.1) is 0 Å². The summed E-state index contributed by atoms with van der Waals surface area (Å²) in [5.74, 6) is -0.242. The molecule has 1 N–H and O–H groups in total. The summed E-state index contributed by atoms with van der Waals surface area (Å²) in [6.45, 7) is 5.61. The van der Waals surface area contributed by atoms with Crippen LogP contribution in [-0.4, -0.2) is 25.3 Å². The first-order chi connectivity index (χ1) is 14.4. The summed E-state index contributed by atoms with van der Waals surface area (Å²) in [5, 5.41) is 2.27. The van der Waals surface area contributed by atoms with Gasteiger partial charge in [0.15, 0.2) is 0 Å². The fourth-order valence-electron chi connectivity index (χ4n) is 3.86. The second-order valence-corrected chi connectivity index (χ2v) is 10.0. The SMILES string of the molecule is CC[n+]1c(C=C2Sc3ccccc3N2CCCS(=O)(=O)O)ccc2cc(C)ccc21. The van der Waals surface area contributed by atoms with E-state index < -0.39 is 10.1 Å². The Bertz CT molecular complexity index is 1240. The van der Waals surface area contributed by atoms with Crippen LogP contribution in [0.15, 0.2) is 64.5 Å². The van der Waals surface area contributed by atoms with E-state index >= 15 is 0 Å². The molecule has 1 aromatic heterocycles. The molecular weight excluding hydrogens is 416 g/mol. The topological polar surface area (TPSA) is 61.5 Å². The van der Waals surface area contributed by atoms with Gasteiger partial charge in [-0.25, -0.2) is 0 Å². The molecule has 0 fully saturated rings. The van der Waals surface area contributed by atoms with E-state index in [0.29, 0.717) is 13.0 Å². The van der Waals surface area contributed by atoms with Gasteiger partial charge in [-0.3, -0.25) is 4.55 Å². The third kappa shape index (κ3) is 4.38. The number of benzene rings is 2. The molecule has 0 saturated carbocycles. The number of aryl methyl sites for hydroxylation is 2. The molecule has 2 heterocycles. The summed E-state index contributed by atoms with van der Waals surface area (Å²) >= 11 is 1.69. The molecule has 0 radical (unpaired) electrons. The second kappa shape index (κ2) is 8.41. The average Bonchev–Trinajstić information content (AvgIpc) is 3.04. The predicted octanol–water partition coefficient (Wildman–Crippen LogP) is 4.64. The van der Waals surface area contributed by atoms with Crippen LogP contribution in [0.5, 0.6) is 0 Å². The Labute approximate surface area is 181 Å². The summed E-state index contributed by atoms with van der Waals surface area (Å²) < 4.78 is 33.7. The van der Waals surface area contributed by atoms with Crippen LogP contribution in [0.1, 0.15) is 24.6 Å². The molecule has 7 heteroatoms. The maximum atomic E-state index is 11.2. The highest BCUT2D eigenvalue weighted by atomic mass is 32.2. The van der Waals surface area contributed by atoms with E-state index in [0.717, 1.165) is 27.9 Å². The van der Waals surface area contributed by atoms with Gasteiger partial charge in [0.1, 0.15) is 6.54 Å². The molecule has 156 valence electrons. The van der Waals surface area contributed by atoms with Gasteiger partial charge in [-0.1, -0.05) is 35.5 Å². The Kier molecular flexibility index (Phi) is 5.86. The van der Waals surface area contributed by atoms with Crippen LogP contribution in [-0.2, 0) is 16.7 Å². The van der Waals surface area contributed by atoms with E-state index in [2.05, 4.69) is 65.8 Å². The third-order valence-electron chi connectivity index (χ3n) is 5.23. The zero-order valence-corrected chi connectivity index (χ0v) is 18.7. The molecular formula is C23H25N2O3S2+. The monoisotopic (exact) mass is 441 g/mol. The van der Waals surface area contributed by atoms with Gasteiger partial charge in [-0.2, -0.15) is 13.0 Å². The van der Waals surface area contributed by atoms with Crippen molar-refractivity contribution in [2.45, 2.75) is 31.7 Å². The standard InChI is InChI=1S/C23H24N2O3S2/c1-3-24-19(11-10-18-15-17(2)9-12-20(18)24)16-23-25(13-6-14-30(26,27)28)21-7-4-5-8-22(21)29-23/h4-5,7-12,15-16H,3,6,13-14H2,1-2H3/p+1. The molecule has 0 saturated heterocycles. The van der Waals surface area contributed by atoms with E-state index in [-0.39, 0.29) is 5.75 Å². The molecule has 30 heavy (non-hydrogen) atoms. The highest BCUT2D eigenvalue weighted by molar-refractivity contribution is 8.03. The maximum absolute atomic E-state index is 11.2. The second-order valence-electron chi connectivity index (χ2n) is 7.41. The van der Waals surface area contributed by atoms with Crippen LogP contribution in [0.4, 0.5) is 5.69 Å². The molecule has 0 bridgehead atoms. The molecule has 5 nitrogen and oxygen atoms in total. The summed E-state index contributed by atoms with van der Waals surface area (Å²) in [7, 11) is -3.97. The highest BCUT2D eigenvalue weighted by Gasteiger charge is 2.26. The van der Waals surface area contributed by atoms with Gasteiger partial charge in [0.2, 0.25) is 11.2 Å². The van der Waals surface area contributed by atoms with Crippen LogP contribution in [0.3, 0.4) is 0 Å². The minimum Gasteiger partial charge on any atom is -0.335 e. The van der Waals surface area contributed by atoms with Crippen molar-refractivity contribution in [2.24, 2.45) is 0 Å². The number of rotatable bonds is 6. The Morgan fingerprint density at radius 3 is 2.70 bits per heavy atom. The van der Waals surface area contributed by atoms with E-state index in [9.17, 15) is 8.42 Å². The molecule has 2 aromatic carbocycles. The molecule has 0 spiro atoms. The lowest BCUT2D eigenvalue weighted by Gasteiger charge is -2.20. The van der Waals surface area contributed by atoms with E-state index in [1.807, 2.05) is 18.2 Å². The van der Waals surface area contributed by atoms with Crippen molar-refractivity contribution < 1.29 is 17.5 Å². The molecule has 1 aliphatic rings. The Morgan fingerprint density at radius 2 is 1.93 bits per heavy atom. The van der Waals surface area contributed by atoms with Gasteiger partial charge >= 0.3 is 0 Å². The van der Waals surface area contributed by atoms with Crippen molar-refractivity contribution in [1.82, 2.24) is 0 Å². The van der Waals surface area contributed by atoms with Crippen molar-refractivity contribution in [3.05, 3.63) is 70.9 Å². The number of hydrogen-bond donors (Lipinski definition) is 1. The van der Waals surface area contributed by atoms with Gasteiger partial charge in [0.05, 0.1) is 16.5 Å². The zero-order valence-electron chi connectivity index (χ0n) is 17.1. The van der Waals surface area contributed by atoms with E-state index in [1.54, 1.807) is 11.8 Å².